The lowest BCUT2D eigenvalue weighted by Gasteiger charge is -2.12. The maximum Gasteiger partial charge on any atom is 0.338 e. The molecule has 0 aliphatic heterocycles. The molecule has 0 radical (unpaired) electrons. The van der Waals surface area contributed by atoms with Gasteiger partial charge < -0.3 is 14.5 Å². The molecular weight excluding hydrogens is 358 g/mol. The Morgan fingerprint density at radius 2 is 1.64 bits per heavy atom. The first-order valence-corrected chi connectivity index (χ1v) is 8.53. The van der Waals surface area contributed by atoms with Crippen molar-refractivity contribution in [2.45, 2.75) is 20.8 Å². The number of aromatic nitrogens is 1. The smallest absolute Gasteiger partial charge is 0.338 e. The SMILES string of the molecule is C=C(C)C(=O)Oc1cc(OC(=O)C(=C)C)c2c(=O)c3cccc(C)c3[nH]c2c1. The van der Waals surface area contributed by atoms with Gasteiger partial charge in [-0.1, -0.05) is 25.3 Å². The van der Waals surface area contributed by atoms with E-state index in [1.165, 1.54) is 26.0 Å². The minimum absolute atomic E-state index is 0.0142. The van der Waals surface area contributed by atoms with Crippen molar-refractivity contribution >= 4 is 33.7 Å². The van der Waals surface area contributed by atoms with Crippen LogP contribution in [-0.2, 0) is 9.59 Å². The van der Waals surface area contributed by atoms with E-state index in [2.05, 4.69) is 18.1 Å². The Morgan fingerprint density at radius 1 is 1.00 bits per heavy atom. The summed E-state index contributed by atoms with van der Waals surface area (Å²) in [5.74, 6) is -1.21. The van der Waals surface area contributed by atoms with Gasteiger partial charge in [0.25, 0.3) is 0 Å². The molecule has 0 fully saturated rings. The zero-order valence-electron chi connectivity index (χ0n) is 15.8. The van der Waals surface area contributed by atoms with Gasteiger partial charge in [0.15, 0.2) is 0 Å². The number of pyridine rings is 1. The van der Waals surface area contributed by atoms with E-state index >= 15 is 0 Å². The van der Waals surface area contributed by atoms with Crippen molar-refractivity contribution in [1.82, 2.24) is 4.98 Å². The second kappa shape index (κ2) is 7.15. The number of ether oxygens (including phenoxy) is 2. The number of esters is 2. The average molecular weight is 377 g/mol. The summed E-state index contributed by atoms with van der Waals surface area (Å²) >= 11 is 0. The van der Waals surface area contributed by atoms with Gasteiger partial charge in [-0.3, -0.25) is 4.79 Å². The van der Waals surface area contributed by atoms with Gasteiger partial charge in [0, 0.05) is 28.7 Å². The third kappa shape index (κ3) is 3.44. The van der Waals surface area contributed by atoms with Crippen LogP contribution in [0.1, 0.15) is 19.4 Å². The number of para-hydroxylation sites is 1. The molecule has 0 spiro atoms. The topological polar surface area (TPSA) is 85.5 Å². The molecule has 6 heteroatoms. The molecule has 0 amide bonds. The molecule has 0 bridgehead atoms. The molecule has 0 unspecified atom stereocenters. The summed E-state index contributed by atoms with van der Waals surface area (Å²) in [5, 5.41) is 0.648. The highest BCUT2D eigenvalue weighted by Gasteiger charge is 2.18. The highest BCUT2D eigenvalue weighted by atomic mass is 16.5. The van der Waals surface area contributed by atoms with E-state index in [0.717, 1.165) is 5.56 Å². The van der Waals surface area contributed by atoms with Crippen molar-refractivity contribution in [2.75, 3.05) is 0 Å². The van der Waals surface area contributed by atoms with Crippen molar-refractivity contribution in [1.29, 1.82) is 0 Å². The number of aromatic amines is 1. The zero-order chi connectivity index (χ0) is 20.6. The first-order chi connectivity index (χ1) is 13.2. The van der Waals surface area contributed by atoms with Crippen molar-refractivity contribution in [3.8, 4) is 11.5 Å². The Hall–Kier alpha value is -3.67. The molecule has 1 N–H and O–H groups in total. The number of fused-ring (bicyclic) bond motifs is 2. The largest absolute Gasteiger partial charge is 0.423 e. The molecule has 0 saturated carbocycles. The van der Waals surface area contributed by atoms with Gasteiger partial charge in [-0.25, -0.2) is 9.59 Å². The average Bonchev–Trinajstić information content (AvgIpc) is 2.62. The number of carbonyl (C=O) groups excluding carboxylic acids is 2. The lowest BCUT2D eigenvalue weighted by molar-refractivity contribution is -0.130. The minimum atomic E-state index is -0.687. The monoisotopic (exact) mass is 377 g/mol. The van der Waals surface area contributed by atoms with Crippen LogP contribution in [0.3, 0.4) is 0 Å². The highest BCUT2D eigenvalue weighted by molar-refractivity contribution is 6.00. The molecule has 0 aliphatic rings. The molecular formula is C22H19NO5. The first kappa shape index (κ1) is 19.1. The van der Waals surface area contributed by atoms with Crippen LogP contribution >= 0.6 is 0 Å². The molecule has 0 atom stereocenters. The van der Waals surface area contributed by atoms with Gasteiger partial charge in [-0.05, 0) is 32.4 Å². The predicted molar refractivity (Wildman–Crippen MR) is 108 cm³/mol. The van der Waals surface area contributed by atoms with E-state index < -0.39 is 11.9 Å². The predicted octanol–water partition coefficient (Wildman–Crippen LogP) is 3.95. The summed E-state index contributed by atoms with van der Waals surface area (Å²) in [4.78, 5) is 40.3. The van der Waals surface area contributed by atoms with Crippen LogP contribution in [0.2, 0.25) is 0 Å². The lowest BCUT2D eigenvalue weighted by Crippen LogP contribution is -2.14. The van der Waals surface area contributed by atoms with Crippen LogP contribution in [0.4, 0.5) is 0 Å². The molecule has 28 heavy (non-hydrogen) atoms. The van der Waals surface area contributed by atoms with Crippen LogP contribution < -0.4 is 14.9 Å². The second-order valence-electron chi connectivity index (χ2n) is 6.64. The molecule has 2 aromatic carbocycles. The van der Waals surface area contributed by atoms with Gasteiger partial charge >= 0.3 is 11.9 Å². The summed E-state index contributed by atoms with van der Waals surface area (Å²) in [6.07, 6.45) is 0. The van der Waals surface area contributed by atoms with Crippen molar-refractivity contribution < 1.29 is 19.1 Å². The van der Waals surface area contributed by atoms with E-state index in [1.54, 1.807) is 12.1 Å². The quantitative estimate of drug-likeness (QED) is 0.322. The minimum Gasteiger partial charge on any atom is -0.423 e. The van der Waals surface area contributed by atoms with Gasteiger partial charge in [-0.2, -0.15) is 0 Å². The van der Waals surface area contributed by atoms with Crippen molar-refractivity contribution in [3.05, 3.63) is 70.4 Å². The summed E-state index contributed by atoms with van der Waals surface area (Å²) in [7, 11) is 0. The standard InChI is InChI=1S/C22H19NO5/c1-11(2)21(25)27-14-9-16-18(17(10-14)28-22(26)12(3)4)20(24)15-8-6-7-13(5)19(15)23-16/h6-10H,1,3H2,2,4-5H3,(H,23,24). The summed E-state index contributed by atoms with van der Waals surface area (Å²) < 4.78 is 10.6. The zero-order valence-corrected chi connectivity index (χ0v) is 15.8. The van der Waals surface area contributed by atoms with E-state index in [1.807, 2.05) is 13.0 Å². The third-order valence-electron chi connectivity index (χ3n) is 4.19. The summed E-state index contributed by atoms with van der Waals surface area (Å²) in [5.41, 5.74) is 1.99. The number of carbonyl (C=O) groups is 2. The van der Waals surface area contributed by atoms with Crippen LogP contribution in [0.15, 0.2) is 59.4 Å². The maximum atomic E-state index is 13.1. The molecule has 6 nitrogen and oxygen atoms in total. The molecule has 0 aliphatic carbocycles. The number of hydrogen-bond acceptors (Lipinski definition) is 5. The van der Waals surface area contributed by atoms with Crippen LogP contribution in [-0.4, -0.2) is 16.9 Å². The number of benzene rings is 2. The van der Waals surface area contributed by atoms with Crippen LogP contribution in [0, 0.1) is 6.92 Å². The van der Waals surface area contributed by atoms with E-state index in [4.69, 9.17) is 9.47 Å². The van der Waals surface area contributed by atoms with Gasteiger partial charge in [0.2, 0.25) is 5.43 Å². The van der Waals surface area contributed by atoms with Crippen molar-refractivity contribution in [2.24, 2.45) is 0 Å². The normalized spacial score (nSPS) is 10.7. The Labute approximate surface area is 161 Å². The highest BCUT2D eigenvalue weighted by Crippen LogP contribution is 2.31. The Bertz CT molecular complexity index is 1230. The van der Waals surface area contributed by atoms with Crippen molar-refractivity contribution in [3.63, 3.8) is 0 Å². The number of nitrogens with one attached hydrogen (secondary N) is 1. The molecule has 3 rings (SSSR count). The van der Waals surface area contributed by atoms with Gasteiger partial charge in [-0.15, -0.1) is 0 Å². The van der Waals surface area contributed by atoms with Crippen LogP contribution in [0.25, 0.3) is 21.8 Å². The Morgan fingerprint density at radius 3 is 2.29 bits per heavy atom. The first-order valence-electron chi connectivity index (χ1n) is 8.53. The Balaban J connectivity index is 2.33. The van der Waals surface area contributed by atoms with Gasteiger partial charge in [0.05, 0.1) is 16.4 Å². The van der Waals surface area contributed by atoms with Crippen LogP contribution in [0.5, 0.6) is 11.5 Å². The molecule has 0 saturated heterocycles. The number of aryl methyl sites for hydroxylation is 1. The van der Waals surface area contributed by atoms with E-state index in [-0.39, 0.29) is 33.5 Å². The number of hydrogen-bond donors (Lipinski definition) is 1. The van der Waals surface area contributed by atoms with E-state index in [0.29, 0.717) is 16.4 Å². The third-order valence-corrected chi connectivity index (χ3v) is 4.19. The van der Waals surface area contributed by atoms with Gasteiger partial charge in [0.1, 0.15) is 11.5 Å². The molecule has 3 aromatic rings. The fourth-order valence-corrected chi connectivity index (χ4v) is 2.74. The summed E-state index contributed by atoms with van der Waals surface area (Å²) in [6, 6.07) is 8.20. The molecule has 142 valence electrons. The van der Waals surface area contributed by atoms with E-state index in [9.17, 15) is 14.4 Å². The number of H-pyrrole nitrogens is 1. The lowest BCUT2D eigenvalue weighted by atomic mass is 10.1. The number of rotatable bonds is 4. The fourth-order valence-electron chi connectivity index (χ4n) is 2.74. The summed E-state index contributed by atoms with van der Waals surface area (Å²) in [6.45, 7) is 12.0. The molecule has 1 heterocycles. The Kier molecular flexibility index (Phi) is 4.88. The molecule has 1 aromatic heterocycles. The maximum absolute atomic E-state index is 13.1. The second-order valence-corrected chi connectivity index (χ2v) is 6.64. The fraction of sp³-hybridized carbons (Fsp3) is 0.136.